The third-order valence-electron chi connectivity index (χ3n) is 3.26. The molecule has 1 aromatic rings. The van der Waals surface area contributed by atoms with Gasteiger partial charge in [-0.15, -0.1) is 0 Å². The van der Waals surface area contributed by atoms with E-state index >= 15 is 0 Å². The molecule has 0 aliphatic heterocycles. The molecule has 1 aromatic carbocycles. The number of nitrogens with one attached hydrogen (secondary N) is 1. The van der Waals surface area contributed by atoms with Crippen molar-refractivity contribution in [2.75, 3.05) is 6.61 Å². The van der Waals surface area contributed by atoms with Crippen molar-refractivity contribution in [2.24, 2.45) is 0 Å². The summed E-state index contributed by atoms with van der Waals surface area (Å²) in [4.78, 5) is 0.387. The van der Waals surface area contributed by atoms with Crippen LogP contribution in [0.25, 0.3) is 0 Å². The number of alkyl halides is 3. The Hall–Kier alpha value is -1.82. The van der Waals surface area contributed by atoms with Crippen molar-refractivity contribution in [1.29, 1.82) is 0 Å². The highest BCUT2D eigenvalue weighted by Gasteiger charge is 2.30. The van der Waals surface area contributed by atoms with Gasteiger partial charge in [-0.05, 0) is 44.1 Å². The monoisotopic (exact) mass is 357 g/mol. The lowest BCUT2D eigenvalue weighted by molar-refractivity contribution is -0.137. The fourth-order valence-electron chi connectivity index (χ4n) is 1.93. The number of halogens is 3. The van der Waals surface area contributed by atoms with Crippen molar-refractivity contribution in [3.05, 3.63) is 59.0 Å². The first-order chi connectivity index (χ1) is 11.3. The van der Waals surface area contributed by atoms with Crippen LogP contribution in [0.1, 0.15) is 44.7 Å². The topological polar surface area (TPSA) is 21.3 Å². The van der Waals surface area contributed by atoms with Gasteiger partial charge in [0.05, 0.1) is 11.3 Å². The summed E-state index contributed by atoms with van der Waals surface area (Å²) in [5.74, 6) is 0.856. The van der Waals surface area contributed by atoms with Crippen molar-refractivity contribution >= 4 is 17.2 Å². The van der Waals surface area contributed by atoms with Crippen molar-refractivity contribution < 1.29 is 17.9 Å². The second kappa shape index (κ2) is 9.47. The van der Waals surface area contributed by atoms with Crippen LogP contribution >= 0.6 is 12.2 Å². The maximum Gasteiger partial charge on any atom is 0.416 e. The number of hydrogen-bond donors (Lipinski definition) is 1. The lowest BCUT2D eigenvalue weighted by Gasteiger charge is -2.12. The molecule has 0 heterocycles. The van der Waals surface area contributed by atoms with Crippen LogP contribution in [0.2, 0.25) is 0 Å². The van der Waals surface area contributed by atoms with Gasteiger partial charge in [0.2, 0.25) is 0 Å². The summed E-state index contributed by atoms with van der Waals surface area (Å²) in [6, 6.07) is 4.80. The summed E-state index contributed by atoms with van der Waals surface area (Å²) in [5, 5.41) is 3.06. The molecular weight excluding hydrogens is 335 g/mol. The molecule has 0 atom stereocenters. The molecule has 0 amide bonds. The van der Waals surface area contributed by atoms with Crippen LogP contribution in [-0.4, -0.2) is 11.6 Å². The van der Waals surface area contributed by atoms with Gasteiger partial charge in [0.15, 0.2) is 0 Å². The minimum Gasteiger partial charge on any atom is -0.494 e. The van der Waals surface area contributed by atoms with Gasteiger partial charge in [0.25, 0.3) is 0 Å². The van der Waals surface area contributed by atoms with Crippen LogP contribution in [0.5, 0.6) is 0 Å². The SMILES string of the molecule is CC/C=C(\C)OC/C=C(\CC)NC(=S)c1ccc(C(F)(F)F)cc1. The minimum atomic E-state index is -4.34. The van der Waals surface area contributed by atoms with Crippen LogP contribution in [-0.2, 0) is 10.9 Å². The Labute approximate surface area is 146 Å². The molecule has 0 bridgehead atoms. The summed E-state index contributed by atoms with van der Waals surface area (Å²) in [6.07, 6.45) is 1.14. The van der Waals surface area contributed by atoms with E-state index in [0.717, 1.165) is 30.0 Å². The first-order valence-corrected chi connectivity index (χ1v) is 8.16. The van der Waals surface area contributed by atoms with Gasteiger partial charge in [0, 0.05) is 11.3 Å². The maximum absolute atomic E-state index is 12.6. The van der Waals surface area contributed by atoms with Gasteiger partial charge < -0.3 is 10.1 Å². The van der Waals surface area contributed by atoms with E-state index < -0.39 is 11.7 Å². The highest BCUT2D eigenvalue weighted by molar-refractivity contribution is 7.80. The number of hydrogen-bond acceptors (Lipinski definition) is 2. The summed E-state index contributed by atoms with van der Waals surface area (Å²) in [7, 11) is 0. The lowest BCUT2D eigenvalue weighted by atomic mass is 10.1. The number of allylic oxidation sites excluding steroid dienone is 3. The van der Waals surface area contributed by atoms with E-state index in [9.17, 15) is 13.2 Å². The molecule has 0 fully saturated rings. The van der Waals surface area contributed by atoms with Crippen molar-refractivity contribution in [1.82, 2.24) is 5.32 Å². The predicted molar refractivity (Wildman–Crippen MR) is 94.7 cm³/mol. The summed E-state index contributed by atoms with van der Waals surface area (Å²) < 4.78 is 43.2. The van der Waals surface area contributed by atoms with Crippen molar-refractivity contribution in [2.45, 2.75) is 39.8 Å². The van der Waals surface area contributed by atoms with Gasteiger partial charge in [-0.25, -0.2) is 0 Å². The Kier molecular flexibility index (Phi) is 7.98. The molecule has 0 unspecified atom stereocenters. The first-order valence-electron chi connectivity index (χ1n) is 7.75. The molecule has 1 rings (SSSR count). The zero-order chi connectivity index (χ0) is 18.2. The average molecular weight is 357 g/mol. The van der Waals surface area contributed by atoms with Crippen LogP contribution in [0, 0.1) is 0 Å². The summed E-state index contributed by atoms with van der Waals surface area (Å²) in [5.41, 5.74) is 0.719. The fraction of sp³-hybridized carbons (Fsp3) is 0.389. The van der Waals surface area contributed by atoms with Gasteiger partial charge in [-0.1, -0.05) is 38.2 Å². The van der Waals surface area contributed by atoms with E-state index in [1.165, 1.54) is 12.1 Å². The van der Waals surface area contributed by atoms with Crippen LogP contribution in [0.3, 0.4) is 0 Å². The molecule has 132 valence electrons. The van der Waals surface area contributed by atoms with E-state index in [-0.39, 0.29) is 0 Å². The third kappa shape index (κ3) is 6.74. The zero-order valence-electron chi connectivity index (χ0n) is 14.0. The van der Waals surface area contributed by atoms with Gasteiger partial charge in [0.1, 0.15) is 11.6 Å². The van der Waals surface area contributed by atoms with Crippen molar-refractivity contribution in [3.63, 3.8) is 0 Å². The Morgan fingerprint density at radius 1 is 1.17 bits per heavy atom. The summed E-state index contributed by atoms with van der Waals surface area (Å²) in [6.45, 7) is 6.30. The maximum atomic E-state index is 12.6. The molecule has 0 aliphatic rings. The second-order valence-electron chi connectivity index (χ2n) is 5.15. The molecule has 0 aliphatic carbocycles. The number of benzene rings is 1. The van der Waals surface area contributed by atoms with E-state index in [1.54, 1.807) is 0 Å². The molecule has 0 aromatic heterocycles. The van der Waals surface area contributed by atoms with Crippen LogP contribution < -0.4 is 5.32 Å². The molecule has 0 saturated heterocycles. The van der Waals surface area contributed by atoms with Crippen LogP contribution in [0.4, 0.5) is 13.2 Å². The predicted octanol–water partition coefficient (Wildman–Crippen LogP) is 5.59. The molecule has 6 heteroatoms. The third-order valence-corrected chi connectivity index (χ3v) is 3.60. The van der Waals surface area contributed by atoms with Crippen LogP contribution in [0.15, 0.2) is 47.9 Å². The van der Waals surface area contributed by atoms with Gasteiger partial charge in [-0.3, -0.25) is 0 Å². The second-order valence-corrected chi connectivity index (χ2v) is 5.55. The van der Waals surface area contributed by atoms with E-state index in [0.29, 0.717) is 23.6 Å². The quantitative estimate of drug-likeness (QED) is 0.507. The molecule has 1 N–H and O–H groups in total. The number of rotatable bonds is 7. The Morgan fingerprint density at radius 3 is 2.29 bits per heavy atom. The standard InChI is InChI=1S/C18H22F3NOS/c1-4-6-13(3)23-12-11-16(5-2)22-17(24)14-7-9-15(10-8-14)18(19,20)21/h6-11H,4-5,12H2,1-3H3,(H,22,24)/b13-6+,16-11+. The number of thiocarbonyl (C=S) groups is 1. The lowest BCUT2D eigenvalue weighted by Crippen LogP contribution is -2.22. The minimum absolute atomic E-state index is 0.387. The normalized spacial score (nSPS) is 12.9. The first kappa shape index (κ1) is 20.2. The highest BCUT2D eigenvalue weighted by Crippen LogP contribution is 2.29. The molecular formula is C18H22F3NOS. The van der Waals surface area contributed by atoms with E-state index in [2.05, 4.69) is 5.32 Å². The molecule has 0 saturated carbocycles. The summed E-state index contributed by atoms with van der Waals surface area (Å²) >= 11 is 5.26. The fourth-order valence-corrected chi connectivity index (χ4v) is 2.20. The van der Waals surface area contributed by atoms with Gasteiger partial charge in [-0.2, -0.15) is 13.2 Å². The molecule has 0 spiro atoms. The smallest absolute Gasteiger partial charge is 0.416 e. The molecule has 2 nitrogen and oxygen atoms in total. The Balaban J connectivity index is 2.68. The highest BCUT2D eigenvalue weighted by atomic mass is 32.1. The zero-order valence-corrected chi connectivity index (χ0v) is 14.9. The molecule has 24 heavy (non-hydrogen) atoms. The van der Waals surface area contributed by atoms with E-state index in [1.807, 2.05) is 32.9 Å². The Bertz CT molecular complexity index is 604. The average Bonchev–Trinajstić information content (AvgIpc) is 2.53. The van der Waals surface area contributed by atoms with E-state index in [4.69, 9.17) is 17.0 Å². The van der Waals surface area contributed by atoms with Gasteiger partial charge >= 0.3 is 6.18 Å². The molecule has 0 radical (unpaired) electrons. The Morgan fingerprint density at radius 2 is 1.79 bits per heavy atom. The number of ether oxygens (including phenoxy) is 1. The van der Waals surface area contributed by atoms with Crippen molar-refractivity contribution in [3.8, 4) is 0 Å². The largest absolute Gasteiger partial charge is 0.494 e.